The summed E-state index contributed by atoms with van der Waals surface area (Å²) in [5.41, 5.74) is 0. The molecule has 82 valence electrons. The normalized spacial score (nSPS) is 33.6. The molecule has 2 aliphatic rings. The Labute approximate surface area is 84.6 Å². The predicted molar refractivity (Wildman–Crippen MR) is 53.2 cm³/mol. The molecule has 2 atom stereocenters. The van der Waals surface area contributed by atoms with Crippen LogP contribution in [0.4, 0.5) is 4.39 Å². The van der Waals surface area contributed by atoms with Gasteiger partial charge >= 0.3 is 0 Å². The Morgan fingerprint density at radius 3 is 2.79 bits per heavy atom. The third kappa shape index (κ3) is 2.43. The van der Waals surface area contributed by atoms with Crippen LogP contribution in [0.25, 0.3) is 0 Å². The van der Waals surface area contributed by atoms with E-state index < -0.39 is 6.17 Å². The second-order valence-electron chi connectivity index (χ2n) is 4.40. The number of likely N-dealkylation sites (N-methyl/N-ethyl adjacent to an activating group) is 1. The molecule has 14 heavy (non-hydrogen) atoms. The molecule has 2 heterocycles. The maximum atomic E-state index is 12.8. The molecule has 2 saturated heterocycles. The fourth-order valence-corrected chi connectivity index (χ4v) is 2.01. The first-order valence-corrected chi connectivity index (χ1v) is 5.41. The maximum Gasteiger partial charge on any atom is 0.114 e. The van der Waals surface area contributed by atoms with Crippen molar-refractivity contribution in [3.63, 3.8) is 0 Å². The van der Waals surface area contributed by atoms with Gasteiger partial charge in [-0.1, -0.05) is 0 Å². The summed E-state index contributed by atoms with van der Waals surface area (Å²) in [5.74, 6) is 0. The maximum absolute atomic E-state index is 12.8. The molecule has 0 aromatic rings. The first-order chi connectivity index (χ1) is 6.75. The molecule has 0 aliphatic carbocycles. The van der Waals surface area contributed by atoms with Gasteiger partial charge in [0.15, 0.2) is 0 Å². The van der Waals surface area contributed by atoms with Crippen LogP contribution >= 0.6 is 0 Å². The molecule has 0 radical (unpaired) electrons. The summed E-state index contributed by atoms with van der Waals surface area (Å²) in [5, 5.41) is 3.20. The average Bonchev–Trinajstić information content (AvgIpc) is 2.45. The Balaban J connectivity index is 1.61. The lowest BCUT2D eigenvalue weighted by Gasteiger charge is -2.35. The van der Waals surface area contributed by atoms with Crippen LogP contribution in [-0.2, 0) is 4.74 Å². The minimum absolute atomic E-state index is 0.383. The summed E-state index contributed by atoms with van der Waals surface area (Å²) >= 11 is 0. The fourth-order valence-electron chi connectivity index (χ4n) is 2.01. The molecule has 2 fully saturated rings. The SMILES string of the molecule is CN(CCC1CC(F)CN1)C1COC1. The van der Waals surface area contributed by atoms with Gasteiger partial charge in [0.2, 0.25) is 0 Å². The number of nitrogens with zero attached hydrogens (tertiary/aromatic N) is 1. The summed E-state index contributed by atoms with van der Waals surface area (Å²) in [4.78, 5) is 2.32. The van der Waals surface area contributed by atoms with Crippen molar-refractivity contribution in [1.82, 2.24) is 10.2 Å². The van der Waals surface area contributed by atoms with E-state index in [1.807, 2.05) is 0 Å². The molecule has 2 unspecified atom stereocenters. The first-order valence-electron chi connectivity index (χ1n) is 5.41. The van der Waals surface area contributed by atoms with Crippen LogP contribution in [0.15, 0.2) is 0 Å². The van der Waals surface area contributed by atoms with Crippen LogP contribution in [0.5, 0.6) is 0 Å². The minimum atomic E-state index is -0.627. The van der Waals surface area contributed by atoms with E-state index in [9.17, 15) is 4.39 Å². The standard InChI is InChI=1S/C10H19FN2O/c1-13(10-6-14-7-10)3-2-9-4-8(11)5-12-9/h8-10,12H,2-7H2,1H3. The summed E-state index contributed by atoms with van der Waals surface area (Å²) in [6.07, 6.45) is 1.11. The van der Waals surface area contributed by atoms with E-state index in [-0.39, 0.29) is 0 Å². The van der Waals surface area contributed by atoms with Gasteiger partial charge in [0.1, 0.15) is 6.17 Å². The highest BCUT2D eigenvalue weighted by molar-refractivity contribution is 4.83. The Morgan fingerprint density at radius 2 is 2.29 bits per heavy atom. The van der Waals surface area contributed by atoms with Gasteiger partial charge in [-0.3, -0.25) is 4.90 Å². The Morgan fingerprint density at radius 1 is 1.50 bits per heavy atom. The van der Waals surface area contributed by atoms with E-state index in [0.29, 0.717) is 25.0 Å². The zero-order valence-electron chi connectivity index (χ0n) is 8.71. The highest BCUT2D eigenvalue weighted by Gasteiger charge is 2.26. The van der Waals surface area contributed by atoms with Gasteiger partial charge in [-0.2, -0.15) is 0 Å². The number of halogens is 1. The average molecular weight is 202 g/mol. The minimum Gasteiger partial charge on any atom is -0.378 e. The molecule has 0 spiro atoms. The van der Waals surface area contributed by atoms with E-state index in [4.69, 9.17) is 4.74 Å². The molecule has 0 amide bonds. The Hall–Kier alpha value is -0.190. The van der Waals surface area contributed by atoms with Gasteiger partial charge in [-0.15, -0.1) is 0 Å². The van der Waals surface area contributed by atoms with Gasteiger partial charge in [0.05, 0.1) is 19.3 Å². The topological polar surface area (TPSA) is 24.5 Å². The van der Waals surface area contributed by atoms with Crippen LogP contribution in [0, 0.1) is 0 Å². The lowest BCUT2D eigenvalue weighted by Crippen LogP contribution is -2.48. The van der Waals surface area contributed by atoms with Gasteiger partial charge in [-0.05, 0) is 26.4 Å². The third-order valence-electron chi connectivity index (χ3n) is 3.24. The van der Waals surface area contributed by atoms with Crippen molar-refractivity contribution in [1.29, 1.82) is 0 Å². The molecule has 0 aromatic carbocycles. The highest BCUT2D eigenvalue weighted by Crippen LogP contribution is 2.15. The van der Waals surface area contributed by atoms with Gasteiger partial charge in [-0.25, -0.2) is 4.39 Å². The summed E-state index contributed by atoms with van der Waals surface area (Å²) in [6, 6.07) is 0.978. The second kappa shape index (κ2) is 4.55. The molecule has 4 heteroatoms. The Kier molecular flexibility index (Phi) is 3.36. The van der Waals surface area contributed by atoms with Crippen LogP contribution in [-0.4, -0.2) is 56.5 Å². The molecule has 0 bridgehead atoms. The molecule has 2 aliphatic heterocycles. The van der Waals surface area contributed by atoms with Crippen LogP contribution in [0.1, 0.15) is 12.8 Å². The van der Waals surface area contributed by atoms with E-state index >= 15 is 0 Å². The smallest absolute Gasteiger partial charge is 0.114 e. The van der Waals surface area contributed by atoms with Crippen molar-refractivity contribution in [2.45, 2.75) is 31.1 Å². The highest BCUT2D eigenvalue weighted by atomic mass is 19.1. The number of hydrogen-bond donors (Lipinski definition) is 1. The van der Waals surface area contributed by atoms with Gasteiger partial charge < -0.3 is 10.1 Å². The van der Waals surface area contributed by atoms with E-state index in [0.717, 1.165) is 26.2 Å². The van der Waals surface area contributed by atoms with Gasteiger partial charge in [0, 0.05) is 12.6 Å². The first kappa shape index (κ1) is 10.3. The van der Waals surface area contributed by atoms with Crippen molar-refractivity contribution in [3.8, 4) is 0 Å². The molecule has 0 aromatic heterocycles. The molecule has 3 nitrogen and oxygen atoms in total. The van der Waals surface area contributed by atoms with Crippen LogP contribution in [0.2, 0.25) is 0 Å². The van der Waals surface area contributed by atoms with E-state index in [2.05, 4.69) is 17.3 Å². The van der Waals surface area contributed by atoms with Crippen molar-refractivity contribution in [3.05, 3.63) is 0 Å². The lowest BCUT2D eigenvalue weighted by atomic mass is 10.1. The van der Waals surface area contributed by atoms with Gasteiger partial charge in [0.25, 0.3) is 0 Å². The Bertz CT molecular complexity index is 185. The zero-order chi connectivity index (χ0) is 9.97. The molecule has 0 saturated carbocycles. The zero-order valence-corrected chi connectivity index (χ0v) is 8.71. The number of ether oxygens (including phenoxy) is 1. The van der Waals surface area contributed by atoms with E-state index in [1.165, 1.54) is 0 Å². The van der Waals surface area contributed by atoms with Crippen molar-refractivity contribution in [2.75, 3.05) is 33.4 Å². The quantitative estimate of drug-likeness (QED) is 0.714. The predicted octanol–water partition coefficient (Wildman–Crippen LogP) is 0.407. The summed E-state index contributed by atoms with van der Waals surface area (Å²) < 4.78 is 18.0. The van der Waals surface area contributed by atoms with Crippen molar-refractivity contribution >= 4 is 0 Å². The largest absolute Gasteiger partial charge is 0.378 e. The van der Waals surface area contributed by atoms with Crippen LogP contribution in [0.3, 0.4) is 0 Å². The van der Waals surface area contributed by atoms with Crippen LogP contribution < -0.4 is 5.32 Å². The number of nitrogens with one attached hydrogen (secondary N) is 1. The number of alkyl halides is 1. The van der Waals surface area contributed by atoms with Crippen molar-refractivity contribution < 1.29 is 9.13 Å². The van der Waals surface area contributed by atoms with Crippen molar-refractivity contribution in [2.24, 2.45) is 0 Å². The summed E-state index contributed by atoms with van der Waals surface area (Å²) in [7, 11) is 2.12. The third-order valence-corrected chi connectivity index (χ3v) is 3.24. The summed E-state index contributed by atoms with van der Waals surface area (Å²) in [6.45, 7) is 3.31. The van der Waals surface area contributed by atoms with E-state index in [1.54, 1.807) is 0 Å². The fraction of sp³-hybridized carbons (Fsp3) is 1.00. The number of hydrogen-bond acceptors (Lipinski definition) is 3. The second-order valence-corrected chi connectivity index (χ2v) is 4.40. The number of rotatable bonds is 4. The molecule has 1 N–H and O–H groups in total. The molecular weight excluding hydrogens is 183 g/mol. The molecule has 2 rings (SSSR count). The monoisotopic (exact) mass is 202 g/mol. The lowest BCUT2D eigenvalue weighted by molar-refractivity contribution is -0.0565. The molecular formula is C10H19FN2O.